The van der Waals surface area contributed by atoms with E-state index in [-0.39, 0.29) is 0 Å². The minimum atomic E-state index is 0.690. The highest BCUT2D eigenvalue weighted by molar-refractivity contribution is 5.18. The first-order valence-corrected chi connectivity index (χ1v) is 6.20. The molecule has 0 aliphatic rings. The van der Waals surface area contributed by atoms with Gasteiger partial charge in [0.2, 0.25) is 0 Å². The van der Waals surface area contributed by atoms with E-state index in [9.17, 15) is 0 Å². The van der Waals surface area contributed by atoms with Crippen molar-refractivity contribution in [1.29, 1.82) is 0 Å². The molecule has 3 atom stereocenters. The summed E-state index contributed by atoms with van der Waals surface area (Å²) in [6.07, 6.45) is 2.60. The molecule has 1 rings (SSSR count). The van der Waals surface area contributed by atoms with Gasteiger partial charge < -0.3 is 0 Å². The molecule has 0 nitrogen and oxygen atoms in total. The zero-order valence-corrected chi connectivity index (χ0v) is 10.5. The van der Waals surface area contributed by atoms with E-state index < -0.39 is 0 Å². The molecule has 15 heavy (non-hydrogen) atoms. The average molecular weight is 204 g/mol. The zero-order valence-electron chi connectivity index (χ0n) is 10.5. The van der Waals surface area contributed by atoms with Gasteiger partial charge in [-0.15, -0.1) is 0 Å². The Morgan fingerprint density at radius 3 is 2.07 bits per heavy atom. The molecule has 0 heteroatoms. The maximum atomic E-state index is 2.38. The van der Waals surface area contributed by atoms with Crippen molar-refractivity contribution in [2.75, 3.05) is 0 Å². The van der Waals surface area contributed by atoms with Gasteiger partial charge in [-0.3, -0.25) is 0 Å². The molecular weight excluding hydrogens is 180 g/mol. The molecule has 3 unspecified atom stereocenters. The summed E-state index contributed by atoms with van der Waals surface area (Å²) in [7, 11) is 0. The molecule has 0 fully saturated rings. The van der Waals surface area contributed by atoms with Crippen molar-refractivity contribution in [3.63, 3.8) is 0 Å². The van der Waals surface area contributed by atoms with Crippen LogP contribution in [0.4, 0.5) is 0 Å². The summed E-state index contributed by atoms with van der Waals surface area (Å²) < 4.78 is 0. The molecule has 0 saturated carbocycles. The molecule has 0 radical (unpaired) electrons. The van der Waals surface area contributed by atoms with E-state index in [1.165, 1.54) is 18.4 Å². The minimum absolute atomic E-state index is 0.690. The van der Waals surface area contributed by atoms with Crippen LogP contribution in [0, 0.1) is 11.8 Å². The Morgan fingerprint density at radius 2 is 1.53 bits per heavy atom. The van der Waals surface area contributed by atoms with E-state index in [4.69, 9.17) is 0 Å². The van der Waals surface area contributed by atoms with Crippen LogP contribution < -0.4 is 0 Å². The second-order valence-corrected chi connectivity index (χ2v) is 4.91. The molecule has 0 bridgehead atoms. The van der Waals surface area contributed by atoms with Gasteiger partial charge >= 0.3 is 0 Å². The van der Waals surface area contributed by atoms with E-state index in [0.29, 0.717) is 5.92 Å². The van der Waals surface area contributed by atoms with Crippen molar-refractivity contribution in [1.82, 2.24) is 0 Å². The summed E-state index contributed by atoms with van der Waals surface area (Å²) in [5, 5.41) is 0. The summed E-state index contributed by atoms with van der Waals surface area (Å²) in [5.74, 6) is 2.36. The molecule has 0 saturated heterocycles. The summed E-state index contributed by atoms with van der Waals surface area (Å²) in [6.45, 7) is 9.37. The van der Waals surface area contributed by atoms with Crippen LogP contribution in [-0.4, -0.2) is 0 Å². The lowest BCUT2D eigenvalue weighted by molar-refractivity contribution is 0.336. The second-order valence-electron chi connectivity index (χ2n) is 4.91. The normalized spacial score (nSPS) is 17.1. The smallest absolute Gasteiger partial charge is 0.0188 e. The van der Waals surface area contributed by atoms with Crippen LogP contribution in [-0.2, 0) is 0 Å². The molecule has 0 aromatic heterocycles. The van der Waals surface area contributed by atoms with Gasteiger partial charge in [-0.1, -0.05) is 64.4 Å². The fourth-order valence-corrected chi connectivity index (χ4v) is 2.11. The molecule has 0 spiro atoms. The lowest BCUT2D eigenvalue weighted by Crippen LogP contribution is -2.10. The van der Waals surface area contributed by atoms with Gasteiger partial charge in [-0.25, -0.2) is 0 Å². The molecule has 0 aliphatic carbocycles. The highest BCUT2D eigenvalue weighted by Crippen LogP contribution is 2.28. The van der Waals surface area contributed by atoms with Gasteiger partial charge in [-0.2, -0.15) is 0 Å². The first-order chi connectivity index (χ1) is 7.15. The van der Waals surface area contributed by atoms with E-state index >= 15 is 0 Å². The standard InChI is InChI=1S/C15H24/c1-5-12(2)13(3)11-14(4)15-9-7-6-8-10-15/h6-10,12-14H,5,11H2,1-4H3. The van der Waals surface area contributed by atoms with Gasteiger partial charge in [0.05, 0.1) is 0 Å². The minimum Gasteiger partial charge on any atom is -0.0651 e. The lowest BCUT2D eigenvalue weighted by atomic mass is 9.83. The second kappa shape index (κ2) is 5.95. The van der Waals surface area contributed by atoms with Crippen LogP contribution in [0.1, 0.15) is 52.0 Å². The number of hydrogen-bond donors (Lipinski definition) is 0. The number of benzene rings is 1. The number of rotatable bonds is 5. The Hall–Kier alpha value is -0.780. The molecule has 1 aromatic rings. The van der Waals surface area contributed by atoms with Crippen molar-refractivity contribution in [2.24, 2.45) is 11.8 Å². The van der Waals surface area contributed by atoms with Gasteiger partial charge in [-0.05, 0) is 29.7 Å². The van der Waals surface area contributed by atoms with Crippen LogP contribution in [0.2, 0.25) is 0 Å². The van der Waals surface area contributed by atoms with Gasteiger partial charge in [0, 0.05) is 0 Å². The molecular formula is C15H24. The van der Waals surface area contributed by atoms with Crippen LogP contribution in [0.25, 0.3) is 0 Å². The first-order valence-electron chi connectivity index (χ1n) is 6.20. The third-order valence-corrected chi connectivity index (χ3v) is 3.71. The molecule has 84 valence electrons. The third kappa shape index (κ3) is 3.70. The summed E-state index contributed by atoms with van der Waals surface area (Å²) >= 11 is 0. The Bertz CT molecular complexity index is 263. The summed E-state index contributed by atoms with van der Waals surface area (Å²) in [6, 6.07) is 10.9. The molecule has 0 amide bonds. The highest BCUT2D eigenvalue weighted by atomic mass is 14.2. The van der Waals surface area contributed by atoms with Crippen LogP contribution >= 0.6 is 0 Å². The molecule has 0 heterocycles. The van der Waals surface area contributed by atoms with Crippen LogP contribution in [0.5, 0.6) is 0 Å². The predicted molar refractivity (Wildman–Crippen MR) is 68.1 cm³/mol. The van der Waals surface area contributed by atoms with E-state index in [1.807, 2.05) is 0 Å². The Morgan fingerprint density at radius 1 is 0.933 bits per heavy atom. The largest absolute Gasteiger partial charge is 0.0651 e. The number of hydrogen-bond acceptors (Lipinski definition) is 0. The quantitative estimate of drug-likeness (QED) is 0.642. The van der Waals surface area contributed by atoms with Crippen LogP contribution in [0.3, 0.4) is 0 Å². The van der Waals surface area contributed by atoms with E-state index in [1.54, 1.807) is 0 Å². The third-order valence-electron chi connectivity index (χ3n) is 3.71. The van der Waals surface area contributed by atoms with Crippen molar-refractivity contribution in [3.8, 4) is 0 Å². The highest BCUT2D eigenvalue weighted by Gasteiger charge is 2.14. The zero-order chi connectivity index (χ0) is 11.3. The van der Waals surface area contributed by atoms with Gasteiger partial charge in [0.1, 0.15) is 0 Å². The fourth-order valence-electron chi connectivity index (χ4n) is 2.11. The van der Waals surface area contributed by atoms with Crippen molar-refractivity contribution >= 4 is 0 Å². The monoisotopic (exact) mass is 204 g/mol. The van der Waals surface area contributed by atoms with Gasteiger partial charge in [0.25, 0.3) is 0 Å². The van der Waals surface area contributed by atoms with Crippen molar-refractivity contribution in [2.45, 2.75) is 46.5 Å². The summed E-state index contributed by atoms with van der Waals surface area (Å²) in [5.41, 5.74) is 1.48. The fraction of sp³-hybridized carbons (Fsp3) is 0.600. The molecule has 1 aromatic carbocycles. The SMILES string of the molecule is CCC(C)C(C)CC(C)c1ccccc1. The Labute approximate surface area is 94.7 Å². The van der Waals surface area contributed by atoms with E-state index in [2.05, 4.69) is 58.0 Å². The average Bonchev–Trinajstić information content (AvgIpc) is 2.29. The first kappa shape index (κ1) is 12.3. The maximum Gasteiger partial charge on any atom is -0.0188 e. The predicted octanol–water partition coefficient (Wildman–Crippen LogP) is 4.86. The molecule has 0 aliphatic heterocycles. The summed E-state index contributed by atoms with van der Waals surface area (Å²) in [4.78, 5) is 0. The van der Waals surface area contributed by atoms with E-state index in [0.717, 1.165) is 11.8 Å². The van der Waals surface area contributed by atoms with Crippen LogP contribution in [0.15, 0.2) is 30.3 Å². The Balaban J connectivity index is 2.52. The van der Waals surface area contributed by atoms with Gasteiger partial charge in [0.15, 0.2) is 0 Å². The Kier molecular flexibility index (Phi) is 4.87. The maximum absolute atomic E-state index is 2.38. The molecule has 0 N–H and O–H groups in total. The topological polar surface area (TPSA) is 0 Å². The van der Waals surface area contributed by atoms with Crippen molar-refractivity contribution in [3.05, 3.63) is 35.9 Å². The lowest BCUT2D eigenvalue weighted by Gasteiger charge is -2.22. The van der Waals surface area contributed by atoms with Crippen molar-refractivity contribution < 1.29 is 0 Å².